The van der Waals surface area contributed by atoms with Gasteiger partial charge in [0, 0.05) is 18.8 Å². The van der Waals surface area contributed by atoms with Gasteiger partial charge >= 0.3 is 6.18 Å². The predicted molar refractivity (Wildman–Crippen MR) is 74.5 cm³/mol. The molecule has 118 valence electrons. The lowest BCUT2D eigenvalue weighted by molar-refractivity contribution is -0.137. The maximum absolute atomic E-state index is 12.7. The van der Waals surface area contributed by atoms with Gasteiger partial charge in [-0.15, -0.1) is 0 Å². The third-order valence-electron chi connectivity index (χ3n) is 3.17. The van der Waals surface area contributed by atoms with Crippen LogP contribution in [0.1, 0.15) is 18.4 Å². The van der Waals surface area contributed by atoms with E-state index in [9.17, 15) is 18.3 Å². The van der Waals surface area contributed by atoms with Crippen LogP contribution in [0.25, 0.3) is 0 Å². The van der Waals surface area contributed by atoms with E-state index in [4.69, 9.17) is 16.3 Å². The Bertz CT molecular complexity index is 478. The van der Waals surface area contributed by atoms with E-state index in [1.165, 1.54) is 25.0 Å². The van der Waals surface area contributed by atoms with Crippen LogP contribution in [-0.4, -0.2) is 31.0 Å². The zero-order chi connectivity index (χ0) is 15.5. The standard InChI is InChI=1S/C14H17ClF3NO2/c15-13-4-3-10(5-12(13)14(16,17)18)19-6-11(20)8-21-7-9-1-2-9/h3-5,9,11,19-20H,1-2,6-8H2. The summed E-state index contributed by atoms with van der Waals surface area (Å²) < 4.78 is 43.4. The van der Waals surface area contributed by atoms with Crippen LogP contribution in [0.5, 0.6) is 0 Å². The Labute approximate surface area is 126 Å². The van der Waals surface area contributed by atoms with Crippen molar-refractivity contribution in [3.8, 4) is 0 Å². The highest BCUT2D eigenvalue weighted by Gasteiger charge is 2.33. The van der Waals surface area contributed by atoms with Gasteiger partial charge in [0.15, 0.2) is 0 Å². The molecule has 1 aliphatic carbocycles. The summed E-state index contributed by atoms with van der Waals surface area (Å²) in [5, 5.41) is 12.1. The third-order valence-corrected chi connectivity index (χ3v) is 3.50. The fraction of sp³-hybridized carbons (Fsp3) is 0.571. The molecule has 0 aromatic heterocycles. The number of hydrogen-bond acceptors (Lipinski definition) is 3. The molecule has 1 atom stereocenters. The largest absolute Gasteiger partial charge is 0.417 e. The lowest BCUT2D eigenvalue weighted by Gasteiger charge is -2.15. The first-order chi connectivity index (χ1) is 9.86. The van der Waals surface area contributed by atoms with Gasteiger partial charge in [-0.1, -0.05) is 11.6 Å². The van der Waals surface area contributed by atoms with Crippen molar-refractivity contribution in [3.05, 3.63) is 28.8 Å². The lowest BCUT2D eigenvalue weighted by atomic mass is 10.2. The van der Waals surface area contributed by atoms with Crippen molar-refractivity contribution in [1.82, 2.24) is 0 Å². The average molecular weight is 324 g/mol. The minimum absolute atomic E-state index is 0.115. The van der Waals surface area contributed by atoms with Crippen molar-refractivity contribution in [2.24, 2.45) is 5.92 Å². The number of aliphatic hydroxyl groups is 1. The smallest absolute Gasteiger partial charge is 0.389 e. The molecular formula is C14H17ClF3NO2. The molecule has 1 unspecified atom stereocenters. The second kappa shape index (κ2) is 6.85. The molecule has 1 fully saturated rings. The molecule has 21 heavy (non-hydrogen) atoms. The summed E-state index contributed by atoms with van der Waals surface area (Å²) in [4.78, 5) is 0. The molecule has 3 nitrogen and oxygen atoms in total. The molecular weight excluding hydrogens is 307 g/mol. The summed E-state index contributed by atoms with van der Waals surface area (Å²) in [6.45, 7) is 0.920. The molecule has 0 radical (unpaired) electrons. The third kappa shape index (κ3) is 5.37. The maximum Gasteiger partial charge on any atom is 0.417 e. The average Bonchev–Trinajstić information content (AvgIpc) is 3.20. The van der Waals surface area contributed by atoms with Gasteiger partial charge in [0.1, 0.15) is 0 Å². The van der Waals surface area contributed by atoms with Crippen molar-refractivity contribution in [1.29, 1.82) is 0 Å². The normalized spacial score (nSPS) is 16.8. The minimum Gasteiger partial charge on any atom is -0.389 e. The first-order valence-corrected chi connectivity index (χ1v) is 7.10. The SMILES string of the molecule is OC(CNc1ccc(Cl)c(C(F)(F)F)c1)COCC1CC1. The zero-order valence-electron chi connectivity index (χ0n) is 11.3. The van der Waals surface area contributed by atoms with E-state index >= 15 is 0 Å². The molecule has 1 aromatic carbocycles. The van der Waals surface area contributed by atoms with Crippen molar-refractivity contribution in [2.75, 3.05) is 25.1 Å². The monoisotopic (exact) mass is 323 g/mol. The van der Waals surface area contributed by atoms with Crippen molar-refractivity contribution in [3.63, 3.8) is 0 Å². The van der Waals surface area contributed by atoms with E-state index in [0.29, 0.717) is 12.5 Å². The van der Waals surface area contributed by atoms with Crippen LogP contribution in [0, 0.1) is 5.92 Å². The summed E-state index contributed by atoms with van der Waals surface area (Å²) in [5.41, 5.74) is -0.637. The second-order valence-electron chi connectivity index (χ2n) is 5.21. The number of halogens is 4. The van der Waals surface area contributed by atoms with Crippen LogP contribution in [0.2, 0.25) is 5.02 Å². The van der Waals surface area contributed by atoms with E-state index in [0.717, 1.165) is 6.07 Å². The highest BCUT2D eigenvalue weighted by molar-refractivity contribution is 6.31. The van der Waals surface area contributed by atoms with Crippen LogP contribution >= 0.6 is 11.6 Å². The molecule has 2 N–H and O–H groups in total. The topological polar surface area (TPSA) is 41.5 Å². The highest BCUT2D eigenvalue weighted by Crippen LogP contribution is 2.36. The van der Waals surface area contributed by atoms with Gasteiger partial charge in [-0.2, -0.15) is 13.2 Å². The number of rotatable bonds is 7. The summed E-state index contributed by atoms with van der Waals surface area (Å²) in [5.74, 6) is 0.607. The van der Waals surface area contributed by atoms with E-state index in [1.807, 2.05) is 0 Å². The molecule has 0 saturated heterocycles. The predicted octanol–water partition coefficient (Wildman–Crippen LogP) is 3.56. The van der Waals surface area contributed by atoms with Crippen LogP contribution in [-0.2, 0) is 10.9 Å². The number of hydrogen-bond donors (Lipinski definition) is 2. The van der Waals surface area contributed by atoms with Crippen LogP contribution in [0.15, 0.2) is 18.2 Å². The molecule has 2 rings (SSSR count). The van der Waals surface area contributed by atoms with Gasteiger partial charge in [0.05, 0.1) is 23.3 Å². The zero-order valence-corrected chi connectivity index (χ0v) is 12.0. The number of nitrogens with one attached hydrogen (secondary N) is 1. The summed E-state index contributed by atoms with van der Waals surface area (Å²) >= 11 is 5.53. The van der Waals surface area contributed by atoms with Gasteiger partial charge in [-0.25, -0.2) is 0 Å². The van der Waals surface area contributed by atoms with Crippen molar-refractivity contribution < 1.29 is 23.0 Å². The van der Waals surface area contributed by atoms with Crippen LogP contribution < -0.4 is 5.32 Å². The van der Waals surface area contributed by atoms with Crippen molar-refractivity contribution in [2.45, 2.75) is 25.1 Å². The Morgan fingerprint density at radius 2 is 2.10 bits per heavy atom. The highest BCUT2D eigenvalue weighted by atomic mass is 35.5. The van der Waals surface area contributed by atoms with E-state index < -0.39 is 17.8 Å². The molecule has 7 heteroatoms. The summed E-state index contributed by atoms with van der Waals surface area (Å²) in [7, 11) is 0. The summed E-state index contributed by atoms with van der Waals surface area (Å²) in [6.07, 6.45) is -2.94. The first kappa shape index (κ1) is 16.4. The van der Waals surface area contributed by atoms with Crippen molar-refractivity contribution >= 4 is 17.3 Å². The van der Waals surface area contributed by atoms with E-state index in [1.54, 1.807) is 0 Å². The number of anilines is 1. The Morgan fingerprint density at radius 3 is 2.71 bits per heavy atom. The second-order valence-corrected chi connectivity index (χ2v) is 5.62. The van der Waals surface area contributed by atoms with Gasteiger partial charge in [-0.05, 0) is 37.0 Å². The van der Waals surface area contributed by atoms with Gasteiger partial charge in [0.2, 0.25) is 0 Å². The Hall–Kier alpha value is -0.980. The number of alkyl halides is 3. The molecule has 1 aromatic rings. The first-order valence-electron chi connectivity index (χ1n) is 6.72. The molecule has 1 aliphatic rings. The Kier molecular flexibility index (Phi) is 5.35. The van der Waals surface area contributed by atoms with Gasteiger partial charge in [0.25, 0.3) is 0 Å². The lowest BCUT2D eigenvalue weighted by Crippen LogP contribution is -2.25. The molecule has 0 amide bonds. The Morgan fingerprint density at radius 1 is 1.38 bits per heavy atom. The molecule has 0 heterocycles. The van der Waals surface area contributed by atoms with E-state index in [-0.39, 0.29) is 23.9 Å². The quantitative estimate of drug-likeness (QED) is 0.806. The minimum atomic E-state index is -4.50. The Balaban J connectivity index is 1.81. The van der Waals surface area contributed by atoms with Crippen LogP contribution in [0.4, 0.5) is 18.9 Å². The maximum atomic E-state index is 12.7. The molecule has 1 saturated carbocycles. The fourth-order valence-corrected chi connectivity index (χ4v) is 2.03. The molecule has 0 aliphatic heterocycles. The molecule has 0 spiro atoms. The number of ether oxygens (including phenoxy) is 1. The summed E-state index contributed by atoms with van der Waals surface area (Å²) in [6, 6.07) is 3.55. The van der Waals surface area contributed by atoms with E-state index in [2.05, 4.69) is 5.32 Å². The van der Waals surface area contributed by atoms with Gasteiger partial charge < -0.3 is 15.2 Å². The van der Waals surface area contributed by atoms with Crippen LogP contribution in [0.3, 0.4) is 0 Å². The fourth-order valence-electron chi connectivity index (χ4n) is 1.80. The number of benzene rings is 1. The molecule has 0 bridgehead atoms. The van der Waals surface area contributed by atoms with Gasteiger partial charge in [-0.3, -0.25) is 0 Å². The number of aliphatic hydroxyl groups excluding tert-OH is 1.